The zero-order chi connectivity index (χ0) is 19.1. The molecule has 1 N–H and O–H groups in total. The quantitative estimate of drug-likeness (QED) is 0.757. The number of hydrogen-bond donors (Lipinski definition) is 1. The summed E-state index contributed by atoms with van der Waals surface area (Å²) < 4.78 is 1.47. The van der Waals surface area contributed by atoms with E-state index in [0.29, 0.717) is 23.3 Å². The van der Waals surface area contributed by atoms with E-state index in [4.69, 9.17) is 0 Å². The average Bonchev–Trinajstić information content (AvgIpc) is 3.10. The number of aromatic amines is 1. The molecule has 7 heteroatoms. The lowest BCUT2D eigenvalue weighted by atomic mass is 9.98. The Labute approximate surface area is 157 Å². The van der Waals surface area contributed by atoms with Gasteiger partial charge in [-0.1, -0.05) is 0 Å². The molecule has 1 amide bonds. The second-order valence-electron chi connectivity index (χ2n) is 7.23. The van der Waals surface area contributed by atoms with Gasteiger partial charge < -0.3 is 4.90 Å². The van der Waals surface area contributed by atoms with Crippen molar-refractivity contribution in [2.24, 2.45) is 0 Å². The summed E-state index contributed by atoms with van der Waals surface area (Å²) in [6.45, 7) is 6.20. The number of carbonyl (C=O) groups is 1. The molecule has 1 unspecified atom stereocenters. The largest absolute Gasteiger partial charge is 0.330 e. The maximum absolute atomic E-state index is 13.1. The summed E-state index contributed by atoms with van der Waals surface area (Å²) in [7, 11) is 0. The van der Waals surface area contributed by atoms with Gasteiger partial charge in [-0.15, -0.1) is 0 Å². The highest BCUT2D eigenvalue weighted by molar-refractivity contribution is 5.94. The van der Waals surface area contributed by atoms with Crippen LogP contribution in [0.2, 0.25) is 0 Å². The summed E-state index contributed by atoms with van der Waals surface area (Å²) >= 11 is 0. The molecule has 3 aromatic heterocycles. The second-order valence-corrected chi connectivity index (χ2v) is 7.23. The lowest BCUT2D eigenvalue weighted by molar-refractivity contribution is 0.0605. The lowest BCUT2D eigenvalue weighted by Crippen LogP contribution is -2.38. The summed E-state index contributed by atoms with van der Waals surface area (Å²) in [5.74, 6) is -0.0291. The SMILES string of the molecule is Cc1ccc(C(=O)N2CCCCC2c2cc3nc(C)c(C)c(=O)n3[nH]2)cn1. The fourth-order valence-corrected chi connectivity index (χ4v) is 3.67. The molecule has 0 bridgehead atoms. The predicted molar refractivity (Wildman–Crippen MR) is 102 cm³/mol. The second kappa shape index (κ2) is 6.64. The van der Waals surface area contributed by atoms with Gasteiger partial charge in [-0.25, -0.2) is 9.50 Å². The van der Waals surface area contributed by atoms with Crippen LogP contribution in [0.1, 0.15) is 58.3 Å². The molecule has 140 valence electrons. The maximum Gasteiger partial charge on any atom is 0.275 e. The van der Waals surface area contributed by atoms with Gasteiger partial charge in [0, 0.05) is 35.8 Å². The average molecular weight is 365 g/mol. The van der Waals surface area contributed by atoms with E-state index in [1.807, 2.05) is 36.9 Å². The first-order chi connectivity index (χ1) is 13.0. The van der Waals surface area contributed by atoms with Gasteiger partial charge in [0.15, 0.2) is 5.65 Å². The van der Waals surface area contributed by atoms with Crippen molar-refractivity contribution >= 4 is 11.6 Å². The van der Waals surface area contributed by atoms with Crippen LogP contribution < -0.4 is 5.56 Å². The Morgan fingerprint density at radius 1 is 1.22 bits per heavy atom. The molecule has 7 nitrogen and oxygen atoms in total. The number of fused-ring (bicyclic) bond motifs is 1. The van der Waals surface area contributed by atoms with Gasteiger partial charge in [-0.05, 0) is 52.2 Å². The molecule has 1 fully saturated rings. The smallest absolute Gasteiger partial charge is 0.275 e. The van der Waals surface area contributed by atoms with Crippen molar-refractivity contribution in [2.75, 3.05) is 6.54 Å². The summed E-state index contributed by atoms with van der Waals surface area (Å²) in [6, 6.07) is 5.45. The van der Waals surface area contributed by atoms with Crippen LogP contribution in [0.15, 0.2) is 29.2 Å². The molecule has 0 aromatic carbocycles. The highest BCUT2D eigenvalue weighted by atomic mass is 16.2. The van der Waals surface area contributed by atoms with E-state index in [9.17, 15) is 9.59 Å². The lowest BCUT2D eigenvalue weighted by Gasteiger charge is -2.35. The van der Waals surface area contributed by atoms with E-state index in [1.165, 1.54) is 4.52 Å². The van der Waals surface area contributed by atoms with Crippen LogP contribution in [0, 0.1) is 20.8 Å². The Kier molecular flexibility index (Phi) is 4.30. The molecule has 3 aromatic rings. The van der Waals surface area contributed by atoms with Gasteiger partial charge in [-0.2, -0.15) is 0 Å². The molecule has 1 atom stereocenters. The molecular formula is C20H23N5O2. The Balaban J connectivity index is 1.73. The molecule has 0 radical (unpaired) electrons. The van der Waals surface area contributed by atoms with Gasteiger partial charge in [0.05, 0.1) is 17.3 Å². The Hall–Kier alpha value is -2.96. The zero-order valence-corrected chi connectivity index (χ0v) is 15.8. The van der Waals surface area contributed by atoms with E-state index >= 15 is 0 Å². The third kappa shape index (κ3) is 3.03. The maximum atomic E-state index is 13.1. The van der Waals surface area contributed by atoms with E-state index in [2.05, 4.69) is 15.1 Å². The number of aryl methyl sites for hydroxylation is 2. The Morgan fingerprint density at radius 3 is 2.78 bits per heavy atom. The van der Waals surface area contributed by atoms with Crippen molar-refractivity contribution < 1.29 is 4.79 Å². The number of piperidine rings is 1. The number of H-pyrrole nitrogens is 1. The third-order valence-electron chi connectivity index (χ3n) is 5.38. The minimum Gasteiger partial charge on any atom is -0.330 e. The van der Waals surface area contributed by atoms with Gasteiger partial charge in [0.25, 0.3) is 11.5 Å². The van der Waals surface area contributed by atoms with Gasteiger partial charge in [-0.3, -0.25) is 19.7 Å². The third-order valence-corrected chi connectivity index (χ3v) is 5.38. The molecule has 0 spiro atoms. The molecule has 27 heavy (non-hydrogen) atoms. The van der Waals surface area contributed by atoms with Crippen LogP contribution in [0.25, 0.3) is 5.65 Å². The number of carbonyl (C=O) groups excluding carboxylic acids is 1. The number of hydrogen-bond acceptors (Lipinski definition) is 4. The Morgan fingerprint density at radius 2 is 2.04 bits per heavy atom. The highest BCUT2D eigenvalue weighted by Crippen LogP contribution is 2.31. The first-order valence-corrected chi connectivity index (χ1v) is 9.28. The van der Waals surface area contributed by atoms with Crippen LogP contribution in [0.3, 0.4) is 0 Å². The van der Waals surface area contributed by atoms with Crippen LogP contribution in [0.5, 0.6) is 0 Å². The van der Waals surface area contributed by atoms with Crippen LogP contribution in [0.4, 0.5) is 0 Å². The molecule has 1 aliphatic heterocycles. The van der Waals surface area contributed by atoms with Crippen molar-refractivity contribution in [3.8, 4) is 0 Å². The first-order valence-electron chi connectivity index (χ1n) is 9.28. The van der Waals surface area contributed by atoms with Gasteiger partial charge in [0.2, 0.25) is 0 Å². The molecular weight excluding hydrogens is 342 g/mol. The minimum atomic E-state index is -0.103. The summed E-state index contributed by atoms with van der Waals surface area (Å²) in [4.78, 5) is 36.2. The number of likely N-dealkylation sites (tertiary alicyclic amines) is 1. The van der Waals surface area contributed by atoms with Crippen molar-refractivity contribution in [1.29, 1.82) is 0 Å². The topological polar surface area (TPSA) is 83.4 Å². The number of amides is 1. The van der Waals surface area contributed by atoms with Gasteiger partial charge in [0.1, 0.15) is 0 Å². The number of nitrogens with one attached hydrogen (secondary N) is 1. The van der Waals surface area contributed by atoms with E-state index in [1.54, 1.807) is 13.1 Å². The molecule has 1 saturated heterocycles. The fraction of sp³-hybridized carbons (Fsp3) is 0.400. The molecule has 0 aliphatic carbocycles. The fourth-order valence-electron chi connectivity index (χ4n) is 3.67. The van der Waals surface area contributed by atoms with Gasteiger partial charge >= 0.3 is 0 Å². The number of nitrogens with zero attached hydrogens (tertiary/aromatic N) is 4. The number of pyridine rings is 1. The number of aromatic nitrogens is 4. The van der Waals surface area contributed by atoms with Crippen LogP contribution in [-0.2, 0) is 0 Å². The zero-order valence-electron chi connectivity index (χ0n) is 15.8. The van der Waals surface area contributed by atoms with Crippen LogP contribution in [-0.4, -0.2) is 36.9 Å². The van der Waals surface area contributed by atoms with E-state index in [0.717, 1.165) is 36.3 Å². The van der Waals surface area contributed by atoms with Crippen molar-refractivity contribution in [3.05, 3.63) is 63.0 Å². The van der Waals surface area contributed by atoms with Crippen LogP contribution >= 0.6 is 0 Å². The molecule has 0 saturated carbocycles. The summed E-state index contributed by atoms with van der Waals surface area (Å²) in [5.41, 5.74) is 4.17. The minimum absolute atomic E-state index is 0.0291. The van der Waals surface area contributed by atoms with Crippen molar-refractivity contribution in [3.63, 3.8) is 0 Å². The van der Waals surface area contributed by atoms with E-state index < -0.39 is 0 Å². The summed E-state index contributed by atoms with van der Waals surface area (Å²) in [5, 5.41) is 3.18. The van der Waals surface area contributed by atoms with Crippen molar-refractivity contribution in [2.45, 2.75) is 46.1 Å². The first kappa shape index (κ1) is 17.5. The Bertz CT molecular complexity index is 1060. The standard InChI is InChI=1S/C20H23N5O2/c1-12-7-8-15(11-21-12)20(27)24-9-5-4-6-17(24)16-10-18-22-14(3)13(2)19(26)25(18)23-16/h7-8,10-11,17,23H,4-6,9H2,1-3H3. The summed E-state index contributed by atoms with van der Waals surface area (Å²) in [6.07, 6.45) is 4.49. The molecule has 4 rings (SSSR count). The normalized spacial score (nSPS) is 17.4. The number of rotatable bonds is 2. The van der Waals surface area contributed by atoms with Crippen molar-refractivity contribution in [1.82, 2.24) is 24.5 Å². The monoisotopic (exact) mass is 365 g/mol. The highest BCUT2D eigenvalue weighted by Gasteiger charge is 2.30. The predicted octanol–water partition coefficient (Wildman–Crippen LogP) is 2.71. The molecule has 1 aliphatic rings. The molecule has 4 heterocycles. The van der Waals surface area contributed by atoms with E-state index in [-0.39, 0.29) is 17.5 Å².